The number of hydrogen-bond acceptors (Lipinski definition) is 7. The summed E-state index contributed by atoms with van der Waals surface area (Å²) < 4.78 is 34.1. The van der Waals surface area contributed by atoms with Crippen molar-refractivity contribution in [3.63, 3.8) is 0 Å². The normalized spacial score (nSPS) is 11.9. The van der Waals surface area contributed by atoms with Crippen molar-refractivity contribution in [3.05, 3.63) is 77.9 Å². The Bertz CT molecular complexity index is 1660. The lowest BCUT2D eigenvalue weighted by Crippen LogP contribution is -2.06. The molecule has 0 saturated carbocycles. The van der Waals surface area contributed by atoms with Crippen molar-refractivity contribution >= 4 is 37.9 Å². The van der Waals surface area contributed by atoms with E-state index in [1.165, 1.54) is 4.52 Å². The molecule has 2 aromatic heterocycles. The van der Waals surface area contributed by atoms with Gasteiger partial charge in [-0.05, 0) is 60.4 Å². The van der Waals surface area contributed by atoms with E-state index in [-0.39, 0.29) is 15.6 Å². The first-order valence-corrected chi connectivity index (χ1v) is 12.7. The van der Waals surface area contributed by atoms with E-state index in [1.807, 2.05) is 61.5 Å². The zero-order valence-corrected chi connectivity index (χ0v) is 20.7. The van der Waals surface area contributed by atoms with Crippen LogP contribution in [0.2, 0.25) is 0 Å². The van der Waals surface area contributed by atoms with Crippen LogP contribution in [0.4, 0.5) is 11.5 Å². The van der Waals surface area contributed by atoms with Gasteiger partial charge in [-0.3, -0.25) is 0 Å². The maximum Gasteiger partial charge on any atom is 0.229 e. The number of sulfone groups is 1. The number of benzene rings is 3. The van der Waals surface area contributed by atoms with Crippen molar-refractivity contribution in [2.45, 2.75) is 36.6 Å². The molecule has 0 aliphatic heterocycles. The van der Waals surface area contributed by atoms with Crippen LogP contribution in [-0.2, 0) is 9.84 Å². The summed E-state index contributed by atoms with van der Waals surface area (Å²) in [5.41, 5.74) is 3.63. The molecule has 0 amide bonds. The highest BCUT2D eigenvalue weighted by Gasteiger charge is 2.27. The molecule has 0 unspecified atom stereocenters. The first-order chi connectivity index (χ1) is 16.8. The fraction of sp³-hybridized carbons (Fsp3) is 0.192. The van der Waals surface area contributed by atoms with E-state index in [9.17, 15) is 8.42 Å². The Labute approximate surface area is 203 Å². The molecular weight excluding hydrogens is 462 g/mol. The predicted octanol–water partition coefficient (Wildman–Crippen LogP) is 5.29. The van der Waals surface area contributed by atoms with Crippen LogP contribution in [0, 0.1) is 6.92 Å². The van der Waals surface area contributed by atoms with Gasteiger partial charge in [-0.15, -0.1) is 5.10 Å². The summed E-state index contributed by atoms with van der Waals surface area (Å²) >= 11 is 0. The molecular formula is C26H25N5O3S. The highest BCUT2D eigenvalue weighted by Crippen LogP contribution is 2.33. The molecule has 3 aromatic carbocycles. The molecule has 5 aromatic rings. The minimum absolute atomic E-state index is 0.144. The number of fused-ring (bicyclic) bond motifs is 3. The van der Waals surface area contributed by atoms with Crippen LogP contribution in [0.1, 0.15) is 30.9 Å². The Balaban J connectivity index is 1.70. The quantitative estimate of drug-likeness (QED) is 0.347. The van der Waals surface area contributed by atoms with Gasteiger partial charge in [-0.1, -0.05) is 49.4 Å². The number of hydrogen-bond donors (Lipinski definition) is 1. The van der Waals surface area contributed by atoms with Crippen LogP contribution in [0.15, 0.2) is 76.7 Å². The molecule has 9 heteroatoms. The van der Waals surface area contributed by atoms with Crippen molar-refractivity contribution in [1.82, 2.24) is 19.8 Å². The average Bonchev–Trinajstić information content (AvgIpc) is 3.29. The summed E-state index contributed by atoms with van der Waals surface area (Å²) in [6, 6.07) is 20.1. The number of ether oxygens (including phenoxy) is 1. The molecule has 1 N–H and O–H groups in total. The molecule has 8 nitrogen and oxygen atoms in total. The fourth-order valence-corrected chi connectivity index (χ4v) is 5.24. The number of anilines is 2. The van der Waals surface area contributed by atoms with Crippen molar-refractivity contribution in [1.29, 1.82) is 0 Å². The summed E-state index contributed by atoms with van der Waals surface area (Å²) in [6.45, 7) is 6.10. The third-order valence-electron chi connectivity index (χ3n) is 5.94. The van der Waals surface area contributed by atoms with Gasteiger partial charge in [-0.25, -0.2) is 13.4 Å². The van der Waals surface area contributed by atoms with Crippen molar-refractivity contribution in [2.24, 2.45) is 0 Å². The Morgan fingerprint density at radius 3 is 2.46 bits per heavy atom. The molecule has 2 heterocycles. The van der Waals surface area contributed by atoms with E-state index in [1.54, 1.807) is 19.2 Å². The lowest BCUT2D eigenvalue weighted by atomic mass is 10.0. The van der Waals surface area contributed by atoms with Crippen molar-refractivity contribution in [2.75, 3.05) is 12.4 Å². The molecule has 5 rings (SSSR count). The molecule has 0 aliphatic carbocycles. The first kappa shape index (κ1) is 22.8. The Hall–Kier alpha value is -3.98. The predicted molar refractivity (Wildman–Crippen MR) is 135 cm³/mol. The van der Waals surface area contributed by atoms with E-state index in [4.69, 9.17) is 9.72 Å². The number of nitrogens with one attached hydrogen (secondary N) is 1. The minimum atomic E-state index is -3.95. The third-order valence-corrected chi connectivity index (χ3v) is 7.61. The lowest BCUT2D eigenvalue weighted by molar-refractivity contribution is 0.416. The fourth-order valence-electron chi connectivity index (χ4n) is 4.00. The number of para-hydroxylation sites is 1. The van der Waals surface area contributed by atoms with Gasteiger partial charge in [0.1, 0.15) is 11.6 Å². The number of rotatable bonds is 6. The molecule has 35 heavy (non-hydrogen) atoms. The van der Waals surface area contributed by atoms with Gasteiger partial charge in [-0.2, -0.15) is 4.52 Å². The van der Waals surface area contributed by atoms with E-state index >= 15 is 0 Å². The topological polar surface area (TPSA) is 98.5 Å². The van der Waals surface area contributed by atoms with Crippen LogP contribution in [0.5, 0.6) is 5.75 Å². The van der Waals surface area contributed by atoms with Gasteiger partial charge in [0.15, 0.2) is 5.65 Å². The Kier molecular flexibility index (Phi) is 5.64. The zero-order chi connectivity index (χ0) is 24.7. The largest absolute Gasteiger partial charge is 0.495 e. The van der Waals surface area contributed by atoms with Gasteiger partial charge in [0.05, 0.1) is 23.2 Å². The van der Waals surface area contributed by atoms with Crippen LogP contribution >= 0.6 is 0 Å². The smallest absolute Gasteiger partial charge is 0.229 e. The van der Waals surface area contributed by atoms with E-state index in [0.29, 0.717) is 23.0 Å². The monoisotopic (exact) mass is 487 g/mol. The van der Waals surface area contributed by atoms with Gasteiger partial charge >= 0.3 is 0 Å². The summed E-state index contributed by atoms with van der Waals surface area (Å²) in [4.78, 5) is 4.84. The number of methoxy groups -OCH3 is 1. The summed E-state index contributed by atoms with van der Waals surface area (Å²) in [6.07, 6.45) is 0. The summed E-state index contributed by atoms with van der Waals surface area (Å²) in [7, 11) is -2.35. The summed E-state index contributed by atoms with van der Waals surface area (Å²) in [5, 5.41) is 12.1. The minimum Gasteiger partial charge on any atom is -0.495 e. The van der Waals surface area contributed by atoms with Crippen LogP contribution in [0.25, 0.3) is 16.6 Å². The van der Waals surface area contributed by atoms with Crippen LogP contribution < -0.4 is 10.1 Å². The van der Waals surface area contributed by atoms with Crippen LogP contribution in [0.3, 0.4) is 0 Å². The second kappa shape index (κ2) is 8.66. The van der Waals surface area contributed by atoms with Gasteiger partial charge in [0.2, 0.25) is 14.9 Å². The standard InChI is InChI=1S/C26H25N5O3S/c1-16(2)18-10-12-19(13-11-18)35(32,33)26-25-28-24(27-21-15-17(3)9-14-23(21)34-4)20-7-5-6-8-22(20)31(25)30-29-26/h5-16H,1-4H3,(H,27,28). The molecule has 0 saturated heterocycles. The Morgan fingerprint density at radius 1 is 1.00 bits per heavy atom. The maximum absolute atomic E-state index is 13.5. The highest BCUT2D eigenvalue weighted by atomic mass is 32.2. The van der Waals surface area contributed by atoms with Gasteiger partial charge < -0.3 is 10.1 Å². The zero-order valence-electron chi connectivity index (χ0n) is 19.9. The highest BCUT2D eigenvalue weighted by molar-refractivity contribution is 7.91. The first-order valence-electron chi connectivity index (χ1n) is 11.2. The third kappa shape index (κ3) is 3.97. The second-order valence-electron chi connectivity index (χ2n) is 8.66. The molecule has 0 fully saturated rings. The SMILES string of the molecule is COc1ccc(C)cc1Nc1nc2c(S(=O)(=O)c3ccc(C(C)C)cc3)nnn2c2ccccc12. The van der Waals surface area contributed by atoms with Crippen molar-refractivity contribution < 1.29 is 13.2 Å². The molecule has 178 valence electrons. The average molecular weight is 488 g/mol. The summed E-state index contributed by atoms with van der Waals surface area (Å²) in [5.74, 6) is 1.42. The van der Waals surface area contributed by atoms with E-state index in [2.05, 4.69) is 29.5 Å². The molecule has 0 bridgehead atoms. The maximum atomic E-state index is 13.5. The van der Waals surface area contributed by atoms with E-state index < -0.39 is 9.84 Å². The number of nitrogens with zero attached hydrogens (tertiary/aromatic N) is 4. The van der Waals surface area contributed by atoms with Gasteiger partial charge in [0.25, 0.3) is 0 Å². The molecule has 0 radical (unpaired) electrons. The van der Waals surface area contributed by atoms with Crippen molar-refractivity contribution in [3.8, 4) is 5.75 Å². The number of aryl methyl sites for hydroxylation is 1. The molecule has 0 spiro atoms. The number of aromatic nitrogens is 4. The second-order valence-corrected chi connectivity index (χ2v) is 10.5. The van der Waals surface area contributed by atoms with Gasteiger partial charge in [0, 0.05) is 5.39 Å². The lowest BCUT2D eigenvalue weighted by Gasteiger charge is -2.14. The molecule has 0 aliphatic rings. The van der Waals surface area contributed by atoms with E-state index in [0.717, 1.165) is 22.2 Å². The van der Waals surface area contributed by atoms with Crippen LogP contribution in [-0.4, -0.2) is 35.3 Å². The molecule has 0 atom stereocenters. The Morgan fingerprint density at radius 2 is 1.74 bits per heavy atom.